The third kappa shape index (κ3) is 3.17. The van der Waals surface area contributed by atoms with Crippen molar-refractivity contribution < 1.29 is 4.39 Å². The quantitative estimate of drug-likeness (QED) is 0.650. The predicted octanol–water partition coefficient (Wildman–Crippen LogP) is 5.16. The molecule has 0 amide bonds. The van der Waals surface area contributed by atoms with Crippen LogP contribution in [0.2, 0.25) is 0 Å². The van der Waals surface area contributed by atoms with E-state index in [0.29, 0.717) is 22.7 Å². The maximum atomic E-state index is 13.8. The van der Waals surface area contributed by atoms with Gasteiger partial charge in [-0.05, 0) is 27.9 Å². The smallest absolute Gasteiger partial charge is 0.139 e. The Bertz CT molecular complexity index is 593. The summed E-state index contributed by atoms with van der Waals surface area (Å²) in [4.78, 5) is 4.61. The van der Waals surface area contributed by atoms with Crippen molar-refractivity contribution in [3.05, 3.63) is 28.2 Å². The van der Waals surface area contributed by atoms with Gasteiger partial charge in [0.05, 0.1) is 15.5 Å². The molecular formula is C15H19BrClFN2. The second-order valence-electron chi connectivity index (χ2n) is 5.02. The summed E-state index contributed by atoms with van der Waals surface area (Å²) in [5, 5.41) is 0. The molecule has 2 aromatic rings. The molecule has 0 N–H and O–H groups in total. The molecule has 0 spiro atoms. The van der Waals surface area contributed by atoms with E-state index in [1.54, 1.807) is 12.1 Å². The molecule has 2 rings (SSSR count). The lowest BCUT2D eigenvalue weighted by Crippen LogP contribution is -2.12. The number of rotatable bonds is 6. The van der Waals surface area contributed by atoms with E-state index in [1.165, 1.54) is 0 Å². The van der Waals surface area contributed by atoms with Crippen molar-refractivity contribution in [1.82, 2.24) is 9.55 Å². The van der Waals surface area contributed by atoms with Crippen LogP contribution in [-0.2, 0) is 13.0 Å². The van der Waals surface area contributed by atoms with Crippen LogP contribution in [-0.4, -0.2) is 15.4 Å². The van der Waals surface area contributed by atoms with Crippen LogP contribution >= 0.6 is 27.5 Å². The first-order valence-electron chi connectivity index (χ1n) is 7.00. The number of halogens is 3. The van der Waals surface area contributed by atoms with Crippen LogP contribution in [0.5, 0.6) is 0 Å². The molecule has 1 heterocycles. The van der Waals surface area contributed by atoms with E-state index in [0.717, 1.165) is 36.2 Å². The maximum absolute atomic E-state index is 13.8. The Morgan fingerprint density at radius 3 is 2.65 bits per heavy atom. The van der Waals surface area contributed by atoms with Crippen LogP contribution in [0, 0.1) is 11.7 Å². The predicted molar refractivity (Wildman–Crippen MR) is 85.9 cm³/mol. The monoisotopic (exact) mass is 360 g/mol. The molecule has 0 bridgehead atoms. The highest BCUT2D eigenvalue weighted by Crippen LogP contribution is 2.26. The lowest BCUT2D eigenvalue weighted by Gasteiger charge is -2.16. The van der Waals surface area contributed by atoms with Crippen molar-refractivity contribution in [2.75, 3.05) is 5.88 Å². The number of fused-ring (bicyclic) bond motifs is 1. The number of aromatic nitrogens is 2. The normalized spacial score (nSPS) is 11.7. The Kier molecular flexibility index (Phi) is 5.44. The lowest BCUT2D eigenvalue weighted by molar-refractivity contribution is 0.417. The first kappa shape index (κ1) is 15.8. The van der Waals surface area contributed by atoms with Gasteiger partial charge in [0.2, 0.25) is 0 Å². The molecule has 0 saturated carbocycles. The average Bonchev–Trinajstić information content (AvgIpc) is 2.74. The summed E-state index contributed by atoms with van der Waals surface area (Å²) in [5.41, 5.74) is 1.68. The van der Waals surface area contributed by atoms with E-state index in [1.807, 2.05) is 0 Å². The fourth-order valence-electron chi connectivity index (χ4n) is 2.45. The Balaban J connectivity index is 2.52. The van der Waals surface area contributed by atoms with E-state index in [4.69, 9.17) is 11.6 Å². The summed E-state index contributed by atoms with van der Waals surface area (Å²) in [5.74, 6) is 1.80. The number of aryl methyl sites for hydroxylation is 1. The molecule has 0 aliphatic heterocycles. The van der Waals surface area contributed by atoms with Gasteiger partial charge in [-0.15, -0.1) is 11.6 Å². The highest BCUT2D eigenvalue weighted by atomic mass is 79.9. The Morgan fingerprint density at radius 2 is 2.05 bits per heavy atom. The molecule has 1 aromatic carbocycles. The number of hydrogen-bond donors (Lipinski definition) is 0. The van der Waals surface area contributed by atoms with Gasteiger partial charge in [-0.25, -0.2) is 9.37 Å². The van der Waals surface area contributed by atoms with Crippen molar-refractivity contribution in [1.29, 1.82) is 0 Å². The van der Waals surface area contributed by atoms with Gasteiger partial charge in [0, 0.05) is 24.9 Å². The molecular weight excluding hydrogens is 343 g/mol. The molecule has 0 aliphatic carbocycles. The van der Waals surface area contributed by atoms with Crippen LogP contribution < -0.4 is 0 Å². The maximum Gasteiger partial charge on any atom is 0.139 e. The zero-order valence-corrected chi connectivity index (χ0v) is 14.1. The second-order valence-corrected chi connectivity index (χ2v) is 6.25. The van der Waals surface area contributed by atoms with Gasteiger partial charge < -0.3 is 4.57 Å². The van der Waals surface area contributed by atoms with Crippen molar-refractivity contribution >= 4 is 38.6 Å². The molecule has 20 heavy (non-hydrogen) atoms. The first-order valence-corrected chi connectivity index (χ1v) is 8.33. The molecule has 2 nitrogen and oxygen atoms in total. The zero-order chi connectivity index (χ0) is 14.7. The van der Waals surface area contributed by atoms with Crippen molar-refractivity contribution in [3.8, 4) is 0 Å². The summed E-state index contributed by atoms with van der Waals surface area (Å²) < 4.78 is 16.4. The van der Waals surface area contributed by atoms with Crippen LogP contribution in [0.3, 0.4) is 0 Å². The van der Waals surface area contributed by atoms with Gasteiger partial charge in [-0.1, -0.05) is 26.7 Å². The second kappa shape index (κ2) is 6.90. The van der Waals surface area contributed by atoms with Crippen LogP contribution in [0.25, 0.3) is 11.0 Å². The number of alkyl halides is 1. The summed E-state index contributed by atoms with van der Waals surface area (Å²) in [6.45, 7) is 5.24. The zero-order valence-electron chi connectivity index (χ0n) is 11.8. The van der Waals surface area contributed by atoms with Gasteiger partial charge in [0.25, 0.3) is 0 Å². The molecule has 1 aromatic heterocycles. The van der Waals surface area contributed by atoms with E-state index in [9.17, 15) is 4.39 Å². The fourth-order valence-corrected chi connectivity index (χ4v) is 2.95. The highest BCUT2D eigenvalue weighted by molar-refractivity contribution is 9.10. The summed E-state index contributed by atoms with van der Waals surface area (Å²) in [6, 6.07) is 3.30. The Hall–Kier alpha value is -0.610. The SMILES string of the molecule is CCC(CC)Cn1c(CCCl)nc2cc(Br)c(F)cc21. The van der Waals surface area contributed by atoms with E-state index in [-0.39, 0.29) is 5.82 Å². The van der Waals surface area contributed by atoms with E-state index >= 15 is 0 Å². The van der Waals surface area contributed by atoms with Gasteiger partial charge >= 0.3 is 0 Å². The summed E-state index contributed by atoms with van der Waals surface area (Å²) in [6.07, 6.45) is 2.92. The third-order valence-electron chi connectivity index (χ3n) is 3.78. The van der Waals surface area contributed by atoms with Gasteiger partial charge in [0.1, 0.15) is 11.6 Å². The highest BCUT2D eigenvalue weighted by Gasteiger charge is 2.15. The van der Waals surface area contributed by atoms with E-state index < -0.39 is 0 Å². The Labute approximate surface area is 132 Å². The number of imidazole rings is 1. The standard InChI is InChI=1S/C15H19BrClFN2/c1-3-10(4-2)9-20-14-8-12(18)11(16)7-13(14)19-15(20)5-6-17/h7-8,10H,3-6,9H2,1-2H3. The van der Waals surface area contributed by atoms with Crippen LogP contribution in [0.15, 0.2) is 16.6 Å². The Morgan fingerprint density at radius 1 is 1.35 bits per heavy atom. The lowest BCUT2D eigenvalue weighted by atomic mass is 10.0. The molecule has 0 saturated heterocycles. The average molecular weight is 362 g/mol. The number of hydrogen-bond acceptors (Lipinski definition) is 1. The molecule has 110 valence electrons. The van der Waals surface area contributed by atoms with E-state index in [2.05, 4.69) is 39.3 Å². The van der Waals surface area contributed by atoms with Crippen molar-refractivity contribution in [2.45, 2.75) is 39.7 Å². The minimum absolute atomic E-state index is 0.249. The number of nitrogens with zero attached hydrogens (tertiary/aromatic N) is 2. The molecule has 0 unspecified atom stereocenters. The molecule has 0 aliphatic rings. The number of benzene rings is 1. The summed E-state index contributed by atoms with van der Waals surface area (Å²) >= 11 is 9.08. The summed E-state index contributed by atoms with van der Waals surface area (Å²) in [7, 11) is 0. The minimum atomic E-state index is -0.249. The largest absolute Gasteiger partial charge is 0.328 e. The molecule has 5 heteroatoms. The van der Waals surface area contributed by atoms with Crippen LogP contribution in [0.4, 0.5) is 4.39 Å². The van der Waals surface area contributed by atoms with Gasteiger partial charge in [-0.2, -0.15) is 0 Å². The molecule has 0 fully saturated rings. The minimum Gasteiger partial charge on any atom is -0.328 e. The van der Waals surface area contributed by atoms with Gasteiger partial charge in [0.15, 0.2) is 0 Å². The third-order valence-corrected chi connectivity index (χ3v) is 4.58. The molecule has 0 atom stereocenters. The topological polar surface area (TPSA) is 17.8 Å². The van der Waals surface area contributed by atoms with Crippen LogP contribution in [0.1, 0.15) is 32.5 Å². The first-order chi connectivity index (χ1) is 9.60. The molecule has 0 radical (unpaired) electrons. The van der Waals surface area contributed by atoms with Crippen molar-refractivity contribution in [3.63, 3.8) is 0 Å². The van der Waals surface area contributed by atoms with Gasteiger partial charge in [-0.3, -0.25) is 0 Å². The van der Waals surface area contributed by atoms with Crippen molar-refractivity contribution in [2.24, 2.45) is 5.92 Å². The fraction of sp³-hybridized carbons (Fsp3) is 0.533.